The van der Waals surface area contributed by atoms with Gasteiger partial charge in [0, 0.05) is 10.6 Å². The number of hydrogen-bond donors (Lipinski definition) is 1. The first kappa shape index (κ1) is 18.0. The Labute approximate surface area is 165 Å². The molecule has 6 nitrogen and oxygen atoms in total. The van der Waals surface area contributed by atoms with E-state index in [1.54, 1.807) is 6.07 Å². The van der Waals surface area contributed by atoms with Gasteiger partial charge in [0.2, 0.25) is 0 Å². The van der Waals surface area contributed by atoms with Gasteiger partial charge in [-0.3, -0.25) is 4.79 Å². The second-order valence-corrected chi connectivity index (χ2v) is 9.04. The SMILES string of the molecule is O=C(Nc1c2c(nn1-c1ccccc1)CS(=O)(=O)C2)c1cc(Cl)ccc1Cl. The average Bonchev–Trinajstić information content (AvgIpc) is 3.10. The number of para-hydroxylation sites is 1. The van der Waals surface area contributed by atoms with Gasteiger partial charge in [-0.1, -0.05) is 41.4 Å². The molecular weight excluding hydrogens is 409 g/mol. The van der Waals surface area contributed by atoms with E-state index in [1.807, 2.05) is 30.3 Å². The molecule has 0 aliphatic carbocycles. The van der Waals surface area contributed by atoms with Crippen molar-refractivity contribution in [1.29, 1.82) is 0 Å². The van der Waals surface area contributed by atoms with Crippen LogP contribution in [-0.2, 0) is 21.3 Å². The first-order valence-electron chi connectivity index (χ1n) is 7.97. The quantitative estimate of drug-likeness (QED) is 0.695. The van der Waals surface area contributed by atoms with E-state index < -0.39 is 15.7 Å². The summed E-state index contributed by atoms with van der Waals surface area (Å²) in [5.74, 6) is -0.498. The predicted octanol–water partition coefficient (Wildman–Crippen LogP) is 3.86. The van der Waals surface area contributed by atoms with Crippen LogP contribution < -0.4 is 5.32 Å². The number of nitrogens with zero attached hydrogens (tertiary/aromatic N) is 2. The minimum absolute atomic E-state index is 0.150. The summed E-state index contributed by atoms with van der Waals surface area (Å²) in [4.78, 5) is 12.8. The molecule has 0 spiro atoms. The third-order valence-electron chi connectivity index (χ3n) is 4.19. The summed E-state index contributed by atoms with van der Waals surface area (Å²) in [6, 6.07) is 13.7. The third kappa shape index (κ3) is 3.45. The van der Waals surface area contributed by atoms with E-state index in [0.29, 0.717) is 27.8 Å². The Bertz CT molecular complexity index is 1160. The molecule has 0 atom stereocenters. The lowest BCUT2D eigenvalue weighted by molar-refractivity contribution is 0.102. The van der Waals surface area contributed by atoms with Crippen LogP contribution in [0.25, 0.3) is 5.69 Å². The molecule has 2 heterocycles. The van der Waals surface area contributed by atoms with Gasteiger partial charge in [0.15, 0.2) is 9.84 Å². The van der Waals surface area contributed by atoms with Crippen LogP contribution in [0.15, 0.2) is 48.5 Å². The van der Waals surface area contributed by atoms with Crippen molar-refractivity contribution in [2.45, 2.75) is 11.5 Å². The zero-order valence-electron chi connectivity index (χ0n) is 13.8. The van der Waals surface area contributed by atoms with Crippen LogP contribution >= 0.6 is 23.2 Å². The number of amides is 1. The molecular formula is C18H13Cl2N3O3S. The van der Waals surface area contributed by atoms with Crippen molar-refractivity contribution in [3.05, 3.63) is 75.4 Å². The molecule has 1 aliphatic heterocycles. The highest BCUT2D eigenvalue weighted by molar-refractivity contribution is 7.90. The molecule has 4 rings (SSSR count). The molecule has 0 saturated carbocycles. The lowest BCUT2D eigenvalue weighted by atomic mass is 10.2. The smallest absolute Gasteiger partial charge is 0.258 e. The molecule has 1 aliphatic rings. The molecule has 138 valence electrons. The molecule has 1 amide bonds. The second kappa shape index (κ2) is 6.67. The Morgan fingerprint density at radius 3 is 2.56 bits per heavy atom. The van der Waals surface area contributed by atoms with Gasteiger partial charge < -0.3 is 5.32 Å². The van der Waals surface area contributed by atoms with Crippen LogP contribution in [0.1, 0.15) is 21.6 Å². The standard InChI is InChI=1S/C18H13Cl2N3O3S/c19-11-6-7-15(20)13(8-11)18(24)21-17-14-9-27(25,26)10-16(14)22-23(17)12-4-2-1-3-5-12/h1-8H,9-10H2,(H,21,24). The van der Waals surface area contributed by atoms with Crippen LogP contribution in [0.3, 0.4) is 0 Å². The van der Waals surface area contributed by atoms with E-state index in [9.17, 15) is 13.2 Å². The number of hydrogen-bond acceptors (Lipinski definition) is 4. The fourth-order valence-corrected chi connectivity index (χ4v) is 4.84. The van der Waals surface area contributed by atoms with Crippen molar-refractivity contribution in [2.75, 3.05) is 5.32 Å². The van der Waals surface area contributed by atoms with Crippen LogP contribution in [0, 0.1) is 0 Å². The number of nitrogens with one attached hydrogen (secondary N) is 1. The number of benzene rings is 2. The van der Waals surface area contributed by atoms with E-state index >= 15 is 0 Å². The van der Waals surface area contributed by atoms with Crippen molar-refractivity contribution < 1.29 is 13.2 Å². The van der Waals surface area contributed by atoms with Gasteiger partial charge in [-0.2, -0.15) is 5.10 Å². The summed E-state index contributed by atoms with van der Waals surface area (Å²) >= 11 is 12.1. The summed E-state index contributed by atoms with van der Waals surface area (Å²) < 4.78 is 25.5. The number of anilines is 1. The van der Waals surface area contributed by atoms with Crippen LogP contribution in [-0.4, -0.2) is 24.1 Å². The topological polar surface area (TPSA) is 81.1 Å². The molecule has 3 aromatic rings. The van der Waals surface area contributed by atoms with E-state index in [4.69, 9.17) is 23.2 Å². The van der Waals surface area contributed by atoms with Crippen molar-refractivity contribution in [1.82, 2.24) is 9.78 Å². The zero-order valence-corrected chi connectivity index (χ0v) is 16.1. The Morgan fingerprint density at radius 2 is 1.81 bits per heavy atom. The molecule has 0 fully saturated rings. The number of aromatic nitrogens is 2. The minimum Gasteiger partial charge on any atom is -0.306 e. The van der Waals surface area contributed by atoms with Crippen LogP contribution in [0.4, 0.5) is 5.82 Å². The first-order valence-corrected chi connectivity index (χ1v) is 10.5. The van der Waals surface area contributed by atoms with Gasteiger partial charge in [0.25, 0.3) is 5.91 Å². The van der Waals surface area contributed by atoms with Crippen LogP contribution in [0.2, 0.25) is 10.0 Å². The van der Waals surface area contributed by atoms with E-state index in [-0.39, 0.29) is 22.1 Å². The number of halogens is 2. The van der Waals surface area contributed by atoms with Crippen molar-refractivity contribution in [3.8, 4) is 5.69 Å². The van der Waals surface area contributed by atoms with Crippen LogP contribution in [0.5, 0.6) is 0 Å². The molecule has 0 bridgehead atoms. The molecule has 1 aromatic heterocycles. The molecule has 27 heavy (non-hydrogen) atoms. The predicted molar refractivity (Wildman–Crippen MR) is 104 cm³/mol. The highest BCUT2D eigenvalue weighted by atomic mass is 35.5. The maximum atomic E-state index is 12.8. The number of carbonyl (C=O) groups excluding carboxylic acids is 1. The molecule has 0 unspecified atom stereocenters. The van der Waals surface area contributed by atoms with E-state index in [2.05, 4.69) is 10.4 Å². The molecule has 2 aromatic carbocycles. The minimum atomic E-state index is -3.27. The third-order valence-corrected chi connectivity index (χ3v) is 6.20. The Kier molecular flexibility index (Phi) is 4.46. The number of carbonyl (C=O) groups is 1. The van der Waals surface area contributed by atoms with Gasteiger partial charge in [-0.25, -0.2) is 13.1 Å². The average molecular weight is 422 g/mol. The monoisotopic (exact) mass is 421 g/mol. The maximum Gasteiger partial charge on any atom is 0.258 e. The highest BCUT2D eigenvalue weighted by Gasteiger charge is 2.33. The number of rotatable bonds is 3. The van der Waals surface area contributed by atoms with Gasteiger partial charge >= 0.3 is 0 Å². The van der Waals surface area contributed by atoms with E-state index in [1.165, 1.54) is 16.8 Å². The molecule has 0 radical (unpaired) electrons. The van der Waals surface area contributed by atoms with Crippen molar-refractivity contribution in [3.63, 3.8) is 0 Å². The largest absolute Gasteiger partial charge is 0.306 e. The summed E-state index contributed by atoms with van der Waals surface area (Å²) in [6.45, 7) is 0. The first-order chi connectivity index (χ1) is 12.8. The Balaban J connectivity index is 1.80. The summed E-state index contributed by atoms with van der Waals surface area (Å²) in [5, 5.41) is 7.78. The molecule has 0 saturated heterocycles. The van der Waals surface area contributed by atoms with Gasteiger partial charge in [0.1, 0.15) is 5.82 Å². The zero-order chi connectivity index (χ0) is 19.2. The fraction of sp³-hybridized carbons (Fsp3) is 0.111. The number of sulfone groups is 1. The maximum absolute atomic E-state index is 12.8. The van der Waals surface area contributed by atoms with E-state index in [0.717, 1.165) is 0 Å². The van der Waals surface area contributed by atoms with Gasteiger partial charge in [0.05, 0.1) is 33.5 Å². The summed E-state index contributed by atoms with van der Waals surface area (Å²) in [6.07, 6.45) is 0. The van der Waals surface area contributed by atoms with Gasteiger partial charge in [-0.05, 0) is 30.3 Å². The number of fused-ring (bicyclic) bond motifs is 1. The molecule has 9 heteroatoms. The normalized spacial score (nSPS) is 14.7. The van der Waals surface area contributed by atoms with Gasteiger partial charge in [-0.15, -0.1) is 0 Å². The Hall–Kier alpha value is -2.35. The lowest BCUT2D eigenvalue weighted by Crippen LogP contribution is -2.17. The fourth-order valence-electron chi connectivity index (χ4n) is 2.97. The Morgan fingerprint density at radius 1 is 1.07 bits per heavy atom. The lowest BCUT2D eigenvalue weighted by Gasteiger charge is -2.12. The van der Waals surface area contributed by atoms with Crippen molar-refractivity contribution in [2.24, 2.45) is 0 Å². The van der Waals surface area contributed by atoms with Crippen molar-refractivity contribution >= 4 is 44.8 Å². The molecule has 1 N–H and O–H groups in total. The summed E-state index contributed by atoms with van der Waals surface area (Å²) in [7, 11) is -3.27. The highest BCUT2D eigenvalue weighted by Crippen LogP contribution is 2.33. The second-order valence-electron chi connectivity index (χ2n) is 6.13. The summed E-state index contributed by atoms with van der Waals surface area (Å²) in [5.41, 5.74) is 1.83.